The van der Waals surface area contributed by atoms with Crippen LogP contribution in [0.4, 0.5) is 4.79 Å². The molecule has 0 aliphatic heterocycles. The van der Waals surface area contributed by atoms with Crippen molar-refractivity contribution in [3.05, 3.63) is 65.7 Å². The van der Waals surface area contributed by atoms with Crippen molar-refractivity contribution >= 4 is 38.0 Å². The van der Waals surface area contributed by atoms with Crippen LogP contribution >= 0.6 is 0 Å². The van der Waals surface area contributed by atoms with Gasteiger partial charge in [0.25, 0.3) is 5.91 Å². The zero-order valence-electron chi connectivity index (χ0n) is 36.0. The smallest absolute Gasteiger partial charge is 0.410 e. The molecule has 0 spiro atoms. The third-order valence-electron chi connectivity index (χ3n) is 8.93. The Kier molecular flexibility index (Phi) is 18.1. The highest BCUT2D eigenvalue weighted by atomic mass is 28.3. The van der Waals surface area contributed by atoms with E-state index in [4.69, 9.17) is 23.7 Å². The van der Waals surface area contributed by atoms with E-state index in [1.54, 1.807) is 86.6 Å². The molecule has 13 heteroatoms. The molecule has 2 amide bonds. The number of amides is 2. The molecule has 0 aromatic heterocycles. The summed E-state index contributed by atoms with van der Waals surface area (Å²) in [7, 11) is 1.42. The Balaban J connectivity index is 2.32. The highest BCUT2D eigenvalue weighted by molar-refractivity contribution is 6.76. The first kappa shape index (κ1) is 47.8. The molecule has 0 N–H and O–H groups in total. The van der Waals surface area contributed by atoms with Gasteiger partial charge in [0.1, 0.15) is 30.0 Å². The van der Waals surface area contributed by atoms with Crippen LogP contribution < -0.4 is 4.74 Å². The van der Waals surface area contributed by atoms with Crippen molar-refractivity contribution in [1.82, 2.24) is 9.80 Å². The van der Waals surface area contributed by atoms with Crippen LogP contribution in [0.2, 0.25) is 25.7 Å². The molecule has 4 atom stereocenters. The Morgan fingerprint density at radius 1 is 0.679 bits per heavy atom. The minimum atomic E-state index is -1.47. The van der Waals surface area contributed by atoms with E-state index >= 15 is 0 Å². The minimum absolute atomic E-state index is 0.0496. The normalized spacial score (nSPS) is 14.0. The van der Waals surface area contributed by atoms with E-state index < -0.39 is 79.7 Å². The fraction of sp³-hybridized carbons (Fsp3) is 0.605. The Morgan fingerprint density at radius 3 is 1.73 bits per heavy atom. The monoisotopic (exact) mass is 798 g/mol. The fourth-order valence-electron chi connectivity index (χ4n) is 5.61. The van der Waals surface area contributed by atoms with Crippen molar-refractivity contribution in [2.45, 2.75) is 131 Å². The molecular weight excluding hydrogens is 733 g/mol. The van der Waals surface area contributed by atoms with Gasteiger partial charge in [-0.05, 0) is 61.9 Å². The van der Waals surface area contributed by atoms with Gasteiger partial charge in [-0.2, -0.15) is 0 Å². The number of nitrogens with zero attached hydrogens (tertiary/aromatic N) is 2. The zero-order valence-corrected chi connectivity index (χ0v) is 37.0. The molecule has 0 saturated carbocycles. The van der Waals surface area contributed by atoms with Gasteiger partial charge in [-0.3, -0.25) is 9.69 Å². The Hall–Kier alpha value is -4.39. The van der Waals surface area contributed by atoms with E-state index in [-0.39, 0.29) is 18.9 Å². The standard InChI is InChI=1S/C43H66N2O10Si/c1-28(2)35(40(48)54-37(30(5)6)41(49)51-24-25-56(12,13)14)45(11)38(46)36(29(3)4)53-39(47)34(44(10)42(50)55-43(7,8)9)26-31-20-22-33(23-21-31)52-27-32-18-16-15-17-19-32/h15-23,28-30,34-37H,24-27H2,1-14H3/t34-,35-,36-,37-/m0/s1. The van der Waals surface area contributed by atoms with E-state index in [1.807, 2.05) is 30.3 Å². The molecule has 312 valence electrons. The number of carbonyl (C=O) groups excluding carboxylic acids is 5. The molecule has 0 unspecified atom stereocenters. The first-order valence-electron chi connectivity index (χ1n) is 19.5. The lowest BCUT2D eigenvalue weighted by atomic mass is 9.99. The van der Waals surface area contributed by atoms with Crippen molar-refractivity contribution in [2.24, 2.45) is 17.8 Å². The number of hydrogen-bond acceptors (Lipinski definition) is 10. The second-order valence-electron chi connectivity index (χ2n) is 17.5. The van der Waals surface area contributed by atoms with Gasteiger partial charge in [-0.15, -0.1) is 0 Å². The maximum Gasteiger partial charge on any atom is 0.410 e. The summed E-state index contributed by atoms with van der Waals surface area (Å²) in [6.07, 6.45) is -3.18. The maximum absolute atomic E-state index is 14.2. The predicted octanol–water partition coefficient (Wildman–Crippen LogP) is 7.54. The number of benzene rings is 2. The number of likely N-dealkylation sites (N-methyl/N-ethyl adjacent to an activating group) is 2. The predicted molar refractivity (Wildman–Crippen MR) is 219 cm³/mol. The first-order valence-corrected chi connectivity index (χ1v) is 23.2. The fourth-order valence-corrected chi connectivity index (χ4v) is 6.32. The maximum atomic E-state index is 14.2. The molecule has 0 bridgehead atoms. The van der Waals surface area contributed by atoms with Crippen LogP contribution in [0.1, 0.15) is 73.4 Å². The SMILES string of the molecule is CC(C)[C@H](OC(=O)[C@H](C(C)C)N(C)C(=O)[C@@H](OC(=O)[C@H](Cc1ccc(OCc2ccccc2)cc1)N(C)C(=O)OC(C)(C)C)C(C)C)C(=O)OCC[Si](C)(C)C. The van der Waals surface area contributed by atoms with E-state index in [9.17, 15) is 24.0 Å². The van der Waals surface area contributed by atoms with Crippen LogP contribution in [0, 0.1) is 17.8 Å². The molecular formula is C43H66N2O10Si. The second kappa shape index (κ2) is 21.2. The minimum Gasteiger partial charge on any atom is -0.489 e. The molecule has 56 heavy (non-hydrogen) atoms. The summed E-state index contributed by atoms with van der Waals surface area (Å²) in [6, 6.07) is 15.4. The quantitative estimate of drug-likeness (QED) is 0.0796. The van der Waals surface area contributed by atoms with Crippen LogP contribution in [0.3, 0.4) is 0 Å². The highest BCUT2D eigenvalue weighted by Crippen LogP contribution is 2.23. The number of ether oxygens (including phenoxy) is 5. The highest BCUT2D eigenvalue weighted by Gasteiger charge is 2.41. The third kappa shape index (κ3) is 15.6. The lowest BCUT2D eigenvalue weighted by Gasteiger charge is -2.35. The Bertz CT molecular complexity index is 1580. The summed E-state index contributed by atoms with van der Waals surface area (Å²) >= 11 is 0. The average molecular weight is 799 g/mol. The van der Waals surface area contributed by atoms with Crippen LogP contribution in [0.5, 0.6) is 5.75 Å². The molecule has 0 saturated heterocycles. The van der Waals surface area contributed by atoms with E-state index in [1.165, 1.54) is 23.9 Å². The van der Waals surface area contributed by atoms with Gasteiger partial charge < -0.3 is 28.6 Å². The Labute approximate surface area is 335 Å². The average Bonchev–Trinajstić information content (AvgIpc) is 3.09. The van der Waals surface area contributed by atoms with Gasteiger partial charge >= 0.3 is 24.0 Å². The Morgan fingerprint density at radius 2 is 1.23 bits per heavy atom. The van der Waals surface area contributed by atoms with Crippen LogP contribution in [0.15, 0.2) is 54.6 Å². The summed E-state index contributed by atoms with van der Waals surface area (Å²) < 4.78 is 28.7. The number of esters is 3. The van der Waals surface area contributed by atoms with Gasteiger partial charge in [0, 0.05) is 34.5 Å². The van der Waals surface area contributed by atoms with Crippen molar-refractivity contribution in [3.8, 4) is 5.75 Å². The van der Waals surface area contributed by atoms with Gasteiger partial charge in [0.2, 0.25) is 6.10 Å². The summed E-state index contributed by atoms with van der Waals surface area (Å²) in [5.74, 6) is -3.57. The molecule has 0 aliphatic carbocycles. The van der Waals surface area contributed by atoms with Crippen LogP contribution in [-0.2, 0) is 51.2 Å². The van der Waals surface area contributed by atoms with Gasteiger partial charge in [-0.1, -0.05) is 104 Å². The van der Waals surface area contributed by atoms with Crippen LogP contribution in [0.25, 0.3) is 0 Å². The van der Waals surface area contributed by atoms with Crippen molar-refractivity contribution in [1.29, 1.82) is 0 Å². The number of rotatable bonds is 19. The lowest BCUT2D eigenvalue weighted by molar-refractivity contribution is -0.178. The lowest BCUT2D eigenvalue weighted by Crippen LogP contribution is -2.54. The third-order valence-corrected chi connectivity index (χ3v) is 10.6. The molecule has 2 rings (SSSR count). The van der Waals surface area contributed by atoms with E-state index in [0.29, 0.717) is 17.9 Å². The topological polar surface area (TPSA) is 138 Å². The van der Waals surface area contributed by atoms with Crippen molar-refractivity contribution in [3.63, 3.8) is 0 Å². The molecule has 0 heterocycles. The van der Waals surface area contributed by atoms with Gasteiger partial charge in [0.15, 0.2) is 6.10 Å². The summed E-state index contributed by atoms with van der Waals surface area (Å²) in [5.41, 5.74) is 0.888. The summed E-state index contributed by atoms with van der Waals surface area (Å²) in [5, 5.41) is 0. The summed E-state index contributed by atoms with van der Waals surface area (Å²) in [6.45, 7) is 22.8. The molecule has 12 nitrogen and oxygen atoms in total. The molecule has 2 aromatic carbocycles. The summed E-state index contributed by atoms with van der Waals surface area (Å²) in [4.78, 5) is 70.7. The van der Waals surface area contributed by atoms with Gasteiger partial charge in [-0.25, -0.2) is 19.2 Å². The molecule has 0 fully saturated rings. The first-order chi connectivity index (χ1) is 25.9. The molecule has 0 radical (unpaired) electrons. The van der Waals surface area contributed by atoms with E-state index in [2.05, 4.69) is 19.6 Å². The molecule has 2 aromatic rings. The van der Waals surface area contributed by atoms with Crippen LogP contribution in [-0.4, -0.2) is 98.4 Å². The second-order valence-corrected chi connectivity index (χ2v) is 23.2. The van der Waals surface area contributed by atoms with Gasteiger partial charge in [0.05, 0.1) is 6.61 Å². The number of carbonyl (C=O) groups is 5. The van der Waals surface area contributed by atoms with Crippen molar-refractivity contribution in [2.75, 3.05) is 20.7 Å². The largest absolute Gasteiger partial charge is 0.489 e. The molecule has 0 aliphatic rings. The van der Waals surface area contributed by atoms with Crippen molar-refractivity contribution < 1.29 is 47.7 Å². The zero-order chi connectivity index (χ0) is 42.5. The van der Waals surface area contributed by atoms with E-state index in [0.717, 1.165) is 11.6 Å². The number of hydrogen-bond donors (Lipinski definition) is 0.